The van der Waals surface area contributed by atoms with Gasteiger partial charge in [0.2, 0.25) is 0 Å². The zero-order chi connectivity index (χ0) is 25.9. The number of carbonyl (C=O) groups excluding carboxylic acids is 1. The van der Waals surface area contributed by atoms with Crippen LogP contribution in [0.15, 0.2) is 42.5 Å². The Balaban J connectivity index is 1.25. The topological polar surface area (TPSA) is 59.4 Å². The van der Waals surface area contributed by atoms with Crippen LogP contribution in [-0.2, 0) is 19.5 Å². The number of hydrogen-bond donors (Lipinski definition) is 1. The van der Waals surface area contributed by atoms with Gasteiger partial charge in [0.05, 0.1) is 13.2 Å². The summed E-state index contributed by atoms with van der Waals surface area (Å²) in [6, 6.07) is 14.4. The molecule has 0 unspecified atom stereocenters. The van der Waals surface area contributed by atoms with E-state index < -0.39 is 0 Å². The minimum Gasteiger partial charge on any atom is -0.493 e. The first kappa shape index (κ1) is 25.8. The Kier molecular flexibility index (Phi) is 7.87. The Morgan fingerprint density at radius 1 is 1.14 bits per heavy atom. The van der Waals surface area contributed by atoms with Crippen LogP contribution in [0.1, 0.15) is 72.3 Å². The zero-order valence-electron chi connectivity index (χ0n) is 22.1. The molecule has 0 atom stereocenters. The average Bonchev–Trinajstić information content (AvgIpc) is 3.53. The molecule has 1 aliphatic carbocycles. The second-order valence-electron chi connectivity index (χ2n) is 10.9. The first-order valence-corrected chi connectivity index (χ1v) is 13.9. The minimum absolute atomic E-state index is 0.130. The Bertz CT molecular complexity index is 1260. The Hall–Kier alpha value is -2.83. The first-order valence-electron chi connectivity index (χ1n) is 13.5. The van der Waals surface area contributed by atoms with E-state index in [9.17, 15) is 4.79 Å². The number of aromatic nitrogens is 2. The minimum atomic E-state index is -0.130. The van der Waals surface area contributed by atoms with E-state index in [-0.39, 0.29) is 5.91 Å². The molecule has 196 valence electrons. The average molecular weight is 521 g/mol. The van der Waals surface area contributed by atoms with Crippen LogP contribution in [0, 0.1) is 12.8 Å². The summed E-state index contributed by atoms with van der Waals surface area (Å²) in [5.74, 6) is 1.64. The van der Waals surface area contributed by atoms with Crippen molar-refractivity contribution in [3.05, 3.63) is 75.4 Å². The molecule has 0 spiro atoms. The van der Waals surface area contributed by atoms with Crippen LogP contribution in [0.5, 0.6) is 5.75 Å². The summed E-state index contributed by atoms with van der Waals surface area (Å²) < 4.78 is 7.87. The molecule has 2 aromatic carbocycles. The van der Waals surface area contributed by atoms with Crippen LogP contribution in [0.4, 0.5) is 5.82 Å². The molecule has 2 aliphatic rings. The summed E-state index contributed by atoms with van der Waals surface area (Å²) in [6.45, 7) is 9.44. The fraction of sp³-hybridized carbons (Fsp3) is 0.467. The molecule has 0 radical (unpaired) electrons. The summed E-state index contributed by atoms with van der Waals surface area (Å²) in [4.78, 5) is 15.7. The largest absolute Gasteiger partial charge is 0.493 e. The van der Waals surface area contributed by atoms with E-state index in [0.717, 1.165) is 42.6 Å². The standard InChI is InChI=1S/C30H37ClN4O2/c1-20(2)19-37-28-11-10-26(31)16-25(28)18-35-21(3)14-29(33-35)32-30(36)23-8-9-24-17-34(13-12-22(24)15-23)27-6-4-5-7-27/h8-11,14-16,20,27H,4-7,12-13,17-19H2,1-3H3,(H,32,33,36). The molecule has 1 aromatic heterocycles. The van der Waals surface area contributed by atoms with Gasteiger partial charge in [0, 0.05) is 47.0 Å². The molecule has 5 rings (SSSR count). The van der Waals surface area contributed by atoms with Gasteiger partial charge in [0.25, 0.3) is 5.91 Å². The molecule has 7 heteroatoms. The highest BCUT2D eigenvalue weighted by molar-refractivity contribution is 6.30. The highest BCUT2D eigenvalue weighted by Crippen LogP contribution is 2.29. The third-order valence-corrected chi connectivity index (χ3v) is 7.72. The second-order valence-corrected chi connectivity index (χ2v) is 11.3. The predicted molar refractivity (Wildman–Crippen MR) is 149 cm³/mol. The van der Waals surface area contributed by atoms with Gasteiger partial charge in [-0.25, -0.2) is 0 Å². The Morgan fingerprint density at radius 3 is 2.73 bits per heavy atom. The lowest BCUT2D eigenvalue weighted by Crippen LogP contribution is -2.37. The number of aryl methyl sites for hydroxylation is 1. The van der Waals surface area contributed by atoms with Crippen molar-refractivity contribution in [3.8, 4) is 5.75 Å². The molecule has 0 saturated heterocycles. The van der Waals surface area contributed by atoms with E-state index in [1.807, 2.05) is 41.9 Å². The number of ether oxygens (including phenoxy) is 1. The Labute approximate surface area is 225 Å². The predicted octanol–water partition coefficient (Wildman–Crippen LogP) is 6.48. The van der Waals surface area contributed by atoms with E-state index in [0.29, 0.717) is 35.5 Å². The number of halogens is 1. The van der Waals surface area contributed by atoms with Gasteiger partial charge in [-0.05, 0) is 73.6 Å². The fourth-order valence-electron chi connectivity index (χ4n) is 5.45. The molecular formula is C30H37ClN4O2. The molecule has 1 aliphatic heterocycles. The molecule has 1 N–H and O–H groups in total. The van der Waals surface area contributed by atoms with Crippen LogP contribution in [0.2, 0.25) is 5.02 Å². The van der Waals surface area contributed by atoms with Crippen molar-refractivity contribution in [3.63, 3.8) is 0 Å². The van der Waals surface area contributed by atoms with Crippen molar-refractivity contribution < 1.29 is 9.53 Å². The third-order valence-electron chi connectivity index (χ3n) is 7.49. The van der Waals surface area contributed by atoms with Crippen molar-refractivity contribution in [2.75, 3.05) is 18.5 Å². The van der Waals surface area contributed by atoms with Crippen LogP contribution in [-0.4, -0.2) is 39.8 Å². The molecule has 1 saturated carbocycles. The van der Waals surface area contributed by atoms with Crippen molar-refractivity contribution in [1.82, 2.24) is 14.7 Å². The summed E-state index contributed by atoms with van der Waals surface area (Å²) in [5, 5.41) is 8.31. The molecule has 2 heterocycles. The summed E-state index contributed by atoms with van der Waals surface area (Å²) >= 11 is 6.27. The smallest absolute Gasteiger partial charge is 0.256 e. The van der Waals surface area contributed by atoms with E-state index in [1.165, 1.54) is 36.8 Å². The maximum atomic E-state index is 13.1. The summed E-state index contributed by atoms with van der Waals surface area (Å²) in [7, 11) is 0. The molecule has 1 amide bonds. The number of nitrogens with one attached hydrogen (secondary N) is 1. The maximum absolute atomic E-state index is 13.1. The van der Waals surface area contributed by atoms with Crippen molar-refractivity contribution in [2.24, 2.45) is 5.92 Å². The van der Waals surface area contributed by atoms with E-state index in [1.54, 1.807) is 0 Å². The van der Waals surface area contributed by atoms with Gasteiger partial charge >= 0.3 is 0 Å². The van der Waals surface area contributed by atoms with E-state index >= 15 is 0 Å². The van der Waals surface area contributed by atoms with Gasteiger partial charge in [0.1, 0.15) is 5.75 Å². The monoisotopic (exact) mass is 520 g/mol. The number of fused-ring (bicyclic) bond motifs is 1. The number of nitrogens with zero attached hydrogens (tertiary/aromatic N) is 3. The van der Waals surface area contributed by atoms with Crippen LogP contribution in [0.3, 0.4) is 0 Å². The summed E-state index contributed by atoms with van der Waals surface area (Å²) in [6.07, 6.45) is 6.36. The number of rotatable bonds is 8. The van der Waals surface area contributed by atoms with Crippen molar-refractivity contribution in [2.45, 2.75) is 72.0 Å². The SMILES string of the molecule is Cc1cc(NC(=O)c2ccc3c(c2)CCN(C2CCCC2)C3)nn1Cc1cc(Cl)ccc1OCC(C)C. The number of benzene rings is 2. The highest BCUT2D eigenvalue weighted by atomic mass is 35.5. The van der Waals surface area contributed by atoms with E-state index in [2.05, 4.69) is 41.3 Å². The van der Waals surface area contributed by atoms with Crippen LogP contribution >= 0.6 is 11.6 Å². The van der Waals surface area contributed by atoms with E-state index in [4.69, 9.17) is 16.3 Å². The number of carbonyl (C=O) groups is 1. The maximum Gasteiger partial charge on any atom is 0.256 e. The second kappa shape index (κ2) is 11.3. The lowest BCUT2D eigenvalue weighted by Gasteiger charge is -2.33. The molecule has 37 heavy (non-hydrogen) atoms. The molecular weight excluding hydrogens is 484 g/mol. The summed E-state index contributed by atoms with van der Waals surface area (Å²) in [5.41, 5.74) is 5.23. The molecule has 1 fully saturated rings. The van der Waals surface area contributed by atoms with Crippen LogP contribution in [0.25, 0.3) is 0 Å². The zero-order valence-corrected chi connectivity index (χ0v) is 22.9. The quantitative estimate of drug-likeness (QED) is 0.369. The Morgan fingerprint density at radius 2 is 1.95 bits per heavy atom. The van der Waals surface area contributed by atoms with Gasteiger partial charge in [-0.15, -0.1) is 0 Å². The third kappa shape index (κ3) is 6.19. The lowest BCUT2D eigenvalue weighted by atomic mass is 9.95. The lowest BCUT2D eigenvalue weighted by molar-refractivity contribution is 0.102. The normalized spacial score (nSPS) is 16.2. The first-order chi connectivity index (χ1) is 17.9. The van der Waals surface area contributed by atoms with Gasteiger partial charge in [-0.3, -0.25) is 14.4 Å². The van der Waals surface area contributed by atoms with Gasteiger partial charge in [-0.1, -0.05) is 44.4 Å². The number of hydrogen-bond acceptors (Lipinski definition) is 4. The van der Waals surface area contributed by atoms with Crippen LogP contribution < -0.4 is 10.1 Å². The van der Waals surface area contributed by atoms with Crippen molar-refractivity contribution >= 4 is 23.3 Å². The van der Waals surface area contributed by atoms with Crippen molar-refractivity contribution in [1.29, 1.82) is 0 Å². The fourth-order valence-corrected chi connectivity index (χ4v) is 5.64. The molecule has 0 bridgehead atoms. The van der Waals surface area contributed by atoms with Gasteiger partial charge < -0.3 is 10.1 Å². The highest BCUT2D eigenvalue weighted by Gasteiger charge is 2.26. The molecule has 6 nitrogen and oxygen atoms in total. The molecule has 3 aromatic rings. The van der Waals surface area contributed by atoms with Gasteiger partial charge in [0.15, 0.2) is 5.82 Å². The van der Waals surface area contributed by atoms with Gasteiger partial charge in [-0.2, -0.15) is 5.10 Å². The number of amides is 1. The number of anilines is 1.